The Labute approximate surface area is 421 Å². The van der Waals surface area contributed by atoms with Gasteiger partial charge in [0.15, 0.2) is 6.29 Å². The van der Waals surface area contributed by atoms with Crippen LogP contribution in [-0.2, 0) is 28.9 Å². The summed E-state index contributed by atoms with van der Waals surface area (Å²) in [5.41, 5.74) is 0. The first-order valence-electron chi connectivity index (χ1n) is 28.3. The van der Waals surface area contributed by atoms with Gasteiger partial charge in [0.1, 0.15) is 30.5 Å². The number of ether oxygens (including phenoxy) is 2. The molecule has 0 bridgehead atoms. The largest absolute Gasteiger partial charge is 0.397 e. The molecule has 0 saturated carbocycles. The summed E-state index contributed by atoms with van der Waals surface area (Å²) < 4.78 is 47.7. The average molecular weight is 1000 g/mol. The van der Waals surface area contributed by atoms with Crippen molar-refractivity contribution >= 4 is 16.3 Å². The number of unbranched alkanes of at least 4 members (excludes halogenated alkanes) is 34. The summed E-state index contributed by atoms with van der Waals surface area (Å²) in [5, 5.41) is 55.5. The lowest BCUT2D eigenvalue weighted by molar-refractivity contribution is -0.298. The van der Waals surface area contributed by atoms with Crippen molar-refractivity contribution in [1.82, 2.24) is 5.32 Å². The van der Waals surface area contributed by atoms with Crippen LogP contribution >= 0.6 is 0 Å². The van der Waals surface area contributed by atoms with E-state index in [4.69, 9.17) is 9.47 Å². The highest BCUT2D eigenvalue weighted by Crippen LogP contribution is 2.26. The summed E-state index contributed by atoms with van der Waals surface area (Å²) >= 11 is 0. The monoisotopic (exact) mass is 1000 g/mol. The molecule has 0 aromatic rings. The van der Waals surface area contributed by atoms with Crippen molar-refractivity contribution in [2.45, 2.75) is 307 Å². The van der Waals surface area contributed by atoms with Gasteiger partial charge >= 0.3 is 10.4 Å². The van der Waals surface area contributed by atoms with Gasteiger partial charge in [-0.2, -0.15) is 8.42 Å². The second-order valence-electron chi connectivity index (χ2n) is 20.0. The van der Waals surface area contributed by atoms with Gasteiger partial charge in [0.2, 0.25) is 5.91 Å². The van der Waals surface area contributed by atoms with Crippen molar-refractivity contribution in [2.24, 2.45) is 0 Å². The molecule has 1 heterocycles. The predicted molar refractivity (Wildman–Crippen MR) is 279 cm³/mol. The van der Waals surface area contributed by atoms with Crippen molar-refractivity contribution < 1.29 is 57.0 Å². The average Bonchev–Trinajstić information content (AvgIpc) is 3.32. The smallest absolute Gasteiger partial charge is 0.394 e. The number of nitrogens with one attached hydrogen (secondary N) is 1. The Morgan fingerprint density at radius 3 is 1.39 bits per heavy atom. The second-order valence-corrected chi connectivity index (χ2v) is 21.1. The number of aliphatic hydroxyl groups is 5. The minimum atomic E-state index is -5.12. The predicted octanol–water partition coefficient (Wildman–Crippen LogP) is 11.8. The van der Waals surface area contributed by atoms with E-state index in [0.29, 0.717) is 12.8 Å². The van der Waals surface area contributed by atoms with Gasteiger partial charge in [-0.3, -0.25) is 9.35 Å². The molecule has 13 nitrogen and oxygen atoms in total. The number of amides is 1. The van der Waals surface area contributed by atoms with Gasteiger partial charge in [0, 0.05) is 0 Å². The summed E-state index contributed by atoms with van der Waals surface area (Å²) in [6, 6.07) is -1.13. The molecule has 0 aromatic heterocycles. The van der Waals surface area contributed by atoms with Gasteiger partial charge in [-0.25, -0.2) is 4.18 Å². The van der Waals surface area contributed by atoms with Gasteiger partial charge in [0.05, 0.1) is 25.4 Å². The highest BCUT2D eigenvalue weighted by molar-refractivity contribution is 7.80. The first-order valence-corrected chi connectivity index (χ1v) is 29.7. The molecule has 1 rings (SSSR count). The summed E-state index contributed by atoms with van der Waals surface area (Å²) in [6.07, 6.45) is 42.6. The highest BCUT2D eigenvalue weighted by Gasteiger charge is 2.48. The van der Waals surface area contributed by atoms with Crippen LogP contribution in [0.3, 0.4) is 0 Å². The van der Waals surface area contributed by atoms with E-state index in [-0.39, 0.29) is 6.42 Å². The Hall–Kier alpha value is -1.46. The van der Waals surface area contributed by atoms with E-state index >= 15 is 0 Å². The topological polar surface area (TPSA) is 212 Å². The molecule has 1 aliphatic heterocycles. The fourth-order valence-corrected chi connectivity index (χ4v) is 9.64. The minimum Gasteiger partial charge on any atom is -0.394 e. The fourth-order valence-electron chi connectivity index (χ4n) is 9.13. The van der Waals surface area contributed by atoms with E-state index in [1.54, 1.807) is 6.08 Å². The van der Waals surface area contributed by atoms with E-state index in [1.165, 1.54) is 192 Å². The van der Waals surface area contributed by atoms with Crippen molar-refractivity contribution in [3.8, 4) is 0 Å². The molecule has 69 heavy (non-hydrogen) atoms. The number of aliphatic hydroxyl groups excluding tert-OH is 5. The Balaban J connectivity index is 2.47. The maximum atomic E-state index is 13.2. The van der Waals surface area contributed by atoms with Crippen molar-refractivity contribution in [1.29, 1.82) is 0 Å². The third-order valence-corrected chi connectivity index (χ3v) is 14.1. The quantitative estimate of drug-likeness (QED) is 0.0172. The minimum absolute atomic E-state index is 0.241. The van der Waals surface area contributed by atoms with E-state index in [2.05, 4.69) is 35.5 Å². The highest BCUT2D eigenvalue weighted by atomic mass is 32.3. The molecule has 1 fully saturated rings. The lowest BCUT2D eigenvalue weighted by atomic mass is 9.99. The van der Waals surface area contributed by atoms with Crippen molar-refractivity contribution in [2.75, 3.05) is 13.2 Å². The first kappa shape index (κ1) is 65.6. The molecule has 0 spiro atoms. The zero-order valence-electron chi connectivity index (χ0n) is 43.8. The number of allylic oxidation sites excluding steroid dienone is 3. The molecule has 1 saturated heterocycles. The van der Waals surface area contributed by atoms with Crippen LogP contribution in [0, 0.1) is 0 Å². The molecule has 0 aromatic carbocycles. The standard InChI is InChI=1S/C55H105NO12S/c1-3-5-7-9-11-13-15-17-19-21-23-25-27-29-31-33-35-37-39-41-43-48(58)47(46-66-55-52(61)53(68-69(63,64)65)51(60)50(45-57)67-55)56-54(62)49(59)44-42-40-38-36-34-32-30-28-26-24-22-20-18-16-14-12-10-8-6-4-2/h33,35,41,43,47-53,55,57-61H,3-32,34,36-40,42,44-46H2,1-2H3,(H,56,62)(H,63,64,65)/b35-33+,43-41+. The van der Waals surface area contributed by atoms with Gasteiger partial charge in [-0.15, -0.1) is 0 Å². The number of rotatable bonds is 49. The lowest BCUT2D eigenvalue weighted by Crippen LogP contribution is -2.61. The van der Waals surface area contributed by atoms with Gasteiger partial charge in [0.25, 0.3) is 0 Å². The van der Waals surface area contributed by atoms with Crippen molar-refractivity contribution in [3.05, 3.63) is 24.3 Å². The summed E-state index contributed by atoms with van der Waals surface area (Å²) in [4.78, 5) is 13.2. The van der Waals surface area contributed by atoms with Crippen LogP contribution in [0.4, 0.5) is 0 Å². The SMILES string of the molecule is CCCCCCCCCCCCCCCC/C=C/CC/C=C/C(O)C(COC1OC(CO)C(O)C(OS(=O)(=O)O)C1O)NC(=O)C(O)CCCCCCCCCCCCCCCCCCCCCC. The van der Waals surface area contributed by atoms with Crippen LogP contribution in [0.15, 0.2) is 24.3 Å². The van der Waals surface area contributed by atoms with Crippen LogP contribution in [-0.4, -0.2) is 107 Å². The summed E-state index contributed by atoms with van der Waals surface area (Å²) in [7, 11) is -5.12. The molecule has 1 aliphatic rings. The zero-order valence-corrected chi connectivity index (χ0v) is 44.6. The van der Waals surface area contributed by atoms with Crippen molar-refractivity contribution in [3.63, 3.8) is 0 Å². The molecule has 0 radical (unpaired) electrons. The summed E-state index contributed by atoms with van der Waals surface area (Å²) in [5.74, 6) is -0.707. The Kier molecular flexibility index (Phi) is 42.9. The van der Waals surface area contributed by atoms with Crippen LogP contribution in [0.5, 0.6) is 0 Å². The lowest BCUT2D eigenvalue weighted by Gasteiger charge is -2.41. The molecule has 8 unspecified atom stereocenters. The van der Waals surface area contributed by atoms with E-state index in [9.17, 15) is 43.3 Å². The number of carbonyl (C=O) groups is 1. The van der Waals surface area contributed by atoms with E-state index < -0.39 is 78.5 Å². The number of hydrogen-bond acceptors (Lipinski definition) is 11. The first-order chi connectivity index (χ1) is 33.4. The fraction of sp³-hybridized carbons (Fsp3) is 0.909. The molecule has 1 amide bonds. The van der Waals surface area contributed by atoms with E-state index in [0.717, 1.165) is 38.5 Å². The summed E-state index contributed by atoms with van der Waals surface area (Å²) in [6.45, 7) is 3.25. The van der Waals surface area contributed by atoms with Gasteiger partial charge < -0.3 is 40.3 Å². The Morgan fingerprint density at radius 1 is 0.580 bits per heavy atom. The van der Waals surface area contributed by atoms with Crippen LogP contribution < -0.4 is 5.32 Å². The Morgan fingerprint density at radius 2 is 0.971 bits per heavy atom. The zero-order chi connectivity index (χ0) is 50.6. The van der Waals surface area contributed by atoms with Crippen LogP contribution in [0.1, 0.15) is 258 Å². The molecule has 8 atom stereocenters. The number of carbonyl (C=O) groups excluding carboxylic acids is 1. The molecular formula is C55H105NO12S. The maximum Gasteiger partial charge on any atom is 0.397 e. The third kappa shape index (κ3) is 37.0. The normalized spacial score (nSPS) is 20.3. The third-order valence-electron chi connectivity index (χ3n) is 13.6. The second kappa shape index (κ2) is 45.2. The molecular weight excluding hydrogens is 899 g/mol. The van der Waals surface area contributed by atoms with Gasteiger partial charge in [-0.1, -0.05) is 250 Å². The molecule has 0 aliphatic carbocycles. The molecule has 7 N–H and O–H groups in total. The molecule has 408 valence electrons. The number of hydrogen-bond donors (Lipinski definition) is 7. The maximum absolute atomic E-state index is 13.2. The Bertz CT molecular complexity index is 1340. The van der Waals surface area contributed by atoms with E-state index in [1.807, 2.05) is 0 Å². The molecule has 14 heteroatoms. The van der Waals surface area contributed by atoms with Crippen LogP contribution in [0.25, 0.3) is 0 Å². The van der Waals surface area contributed by atoms with Gasteiger partial charge in [-0.05, 0) is 32.1 Å². The van der Waals surface area contributed by atoms with Crippen LogP contribution in [0.2, 0.25) is 0 Å².